The highest BCUT2D eigenvalue weighted by Crippen LogP contribution is 2.35. The van der Waals surface area contributed by atoms with E-state index in [2.05, 4.69) is 19.1 Å². The molecule has 3 heterocycles. The molecule has 0 radical (unpaired) electrons. The van der Waals surface area contributed by atoms with Crippen molar-refractivity contribution in [3.63, 3.8) is 0 Å². The van der Waals surface area contributed by atoms with E-state index in [1.54, 1.807) is 4.90 Å². The van der Waals surface area contributed by atoms with Crippen molar-refractivity contribution in [1.29, 1.82) is 0 Å². The molecular formula is C21H28N2O4. The number of ether oxygens (including phenoxy) is 2. The van der Waals surface area contributed by atoms with Gasteiger partial charge in [-0.1, -0.05) is 17.7 Å². The smallest absolute Gasteiger partial charge is 0.228 e. The van der Waals surface area contributed by atoms with Crippen LogP contribution in [-0.2, 0) is 19.1 Å². The number of hydrogen-bond acceptors (Lipinski definition) is 4. The first kappa shape index (κ1) is 18.4. The van der Waals surface area contributed by atoms with Crippen LogP contribution in [0.25, 0.3) is 0 Å². The highest BCUT2D eigenvalue weighted by atomic mass is 16.7. The van der Waals surface area contributed by atoms with Gasteiger partial charge in [-0.25, -0.2) is 0 Å². The zero-order valence-corrected chi connectivity index (χ0v) is 16.4. The number of amides is 2. The fraction of sp³-hybridized carbons (Fsp3) is 0.619. The van der Waals surface area contributed by atoms with Gasteiger partial charge < -0.3 is 19.3 Å². The molecule has 2 amide bonds. The van der Waals surface area contributed by atoms with Crippen molar-refractivity contribution < 1.29 is 19.1 Å². The van der Waals surface area contributed by atoms with Gasteiger partial charge >= 0.3 is 0 Å². The maximum Gasteiger partial charge on any atom is 0.228 e. The van der Waals surface area contributed by atoms with Crippen molar-refractivity contribution >= 4 is 17.5 Å². The van der Waals surface area contributed by atoms with E-state index in [0.717, 1.165) is 16.8 Å². The average molecular weight is 372 g/mol. The molecule has 1 unspecified atom stereocenters. The number of carbonyl (C=O) groups excluding carboxylic acids is 2. The predicted octanol–water partition coefficient (Wildman–Crippen LogP) is 2.33. The monoisotopic (exact) mass is 372 g/mol. The summed E-state index contributed by atoms with van der Waals surface area (Å²) in [5.41, 5.74) is 4.33. The molecule has 0 N–H and O–H groups in total. The highest BCUT2D eigenvalue weighted by molar-refractivity contribution is 6.01. The van der Waals surface area contributed by atoms with E-state index in [4.69, 9.17) is 9.47 Å². The third-order valence-electron chi connectivity index (χ3n) is 6.03. The Morgan fingerprint density at radius 1 is 1.07 bits per heavy atom. The number of likely N-dealkylation sites (tertiary alicyclic amines) is 1. The summed E-state index contributed by atoms with van der Waals surface area (Å²) in [6.07, 6.45) is 1.71. The lowest BCUT2D eigenvalue weighted by Gasteiger charge is -2.38. The van der Waals surface area contributed by atoms with E-state index in [1.165, 1.54) is 5.56 Å². The number of anilines is 1. The summed E-state index contributed by atoms with van der Waals surface area (Å²) in [5, 5.41) is 0. The SMILES string of the molecule is Cc1cc(C)c(N2CC(C(=O)N3CCC4(CC3)OCCO4)CC2=O)c(C)c1. The number of rotatable bonds is 2. The lowest BCUT2D eigenvalue weighted by atomic mass is 10.0. The molecule has 0 aliphatic carbocycles. The number of aryl methyl sites for hydroxylation is 3. The highest BCUT2D eigenvalue weighted by Gasteiger charge is 2.43. The summed E-state index contributed by atoms with van der Waals surface area (Å²) in [5.74, 6) is -0.623. The Labute approximate surface area is 160 Å². The minimum absolute atomic E-state index is 0.0411. The van der Waals surface area contributed by atoms with Crippen molar-refractivity contribution in [2.75, 3.05) is 37.7 Å². The van der Waals surface area contributed by atoms with Crippen molar-refractivity contribution in [2.24, 2.45) is 5.92 Å². The second kappa shape index (κ2) is 6.91. The Kier molecular flexibility index (Phi) is 4.72. The topological polar surface area (TPSA) is 59.1 Å². The fourth-order valence-electron chi connectivity index (χ4n) is 4.80. The number of carbonyl (C=O) groups is 2. The molecule has 3 fully saturated rings. The number of nitrogens with zero attached hydrogens (tertiary/aromatic N) is 2. The molecule has 146 valence electrons. The van der Waals surface area contributed by atoms with E-state index in [0.29, 0.717) is 52.1 Å². The normalized spacial score (nSPS) is 24.9. The molecular weight excluding hydrogens is 344 g/mol. The first-order valence-corrected chi connectivity index (χ1v) is 9.83. The first-order valence-electron chi connectivity index (χ1n) is 9.83. The number of piperidine rings is 1. The second-order valence-electron chi connectivity index (χ2n) is 8.09. The molecule has 3 aliphatic heterocycles. The molecule has 1 aromatic carbocycles. The summed E-state index contributed by atoms with van der Waals surface area (Å²) < 4.78 is 11.5. The van der Waals surface area contributed by atoms with E-state index >= 15 is 0 Å². The van der Waals surface area contributed by atoms with Crippen LogP contribution >= 0.6 is 0 Å². The molecule has 6 heteroatoms. The minimum atomic E-state index is -0.482. The molecule has 4 rings (SSSR count). The van der Waals surface area contributed by atoms with Crippen LogP contribution in [0.2, 0.25) is 0 Å². The van der Waals surface area contributed by atoms with E-state index < -0.39 is 5.79 Å². The maximum absolute atomic E-state index is 13.0. The molecule has 6 nitrogen and oxygen atoms in total. The van der Waals surface area contributed by atoms with Gasteiger partial charge in [0.2, 0.25) is 11.8 Å². The van der Waals surface area contributed by atoms with Gasteiger partial charge in [-0.3, -0.25) is 9.59 Å². The Morgan fingerprint density at radius 2 is 1.67 bits per heavy atom. The van der Waals surface area contributed by atoms with Gasteiger partial charge in [-0.2, -0.15) is 0 Å². The van der Waals surface area contributed by atoms with Crippen LogP contribution in [0.1, 0.15) is 36.0 Å². The standard InChI is InChI=1S/C21H28N2O4/c1-14-10-15(2)19(16(3)11-14)23-13-17(12-18(23)24)20(25)22-6-4-21(5-7-22)26-8-9-27-21/h10-11,17H,4-9,12-13H2,1-3H3. The quantitative estimate of drug-likeness (QED) is 0.800. The number of benzene rings is 1. The van der Waals surface area contributed by atoms with Crippen LogP contribution in [0.3, 0.4) is 0 Å². The van der Waals surface area contributed by atoms with Crippen LogP contribution in [0.4, 0.5) is 5.69 Å². The summed E-state index contributed by atoms with van der Waals surface area (Å²) in [6.45, 7) is 9.12. The van der Waals surface area contributed by atoms with Crippen LogP contribution in [0.5, 0.6) is 0 Å². The van der Waals surface area contributed by atoms with Gasteiger partial charge in [-0.15, -0.1) is 0 Å². The van der Waals surface area contributed by atoms with Gasteiger partial charge in [0, 0.05) is 44.6 Å². The summed E-state index contributed by atoms with van der Waals surface area (Å²) in [6, 6.07) is 4.19. The Bertz CT molecular complexity index is 736. The van der Waals surface area contributed by atoms with Crippen molar-refractivity contribution in [3.8, 4) is 0 Å². The Morgan fingerprint density at radius 3 is 2.26 bits per heavy atom. The summed E-state index contributed by atoms with van der Waals surface area (Å²) >= 11 is 0. The number of hydrogen-bond donors (Lipinski definition) is 0. The fourth-order valence-corrected chi connectivity index (χ4v) is 4.80. The first-order chi connectivity index (χ1) is 12.9. The van der Waals surface area contributed by atoms with Gasteiger partial charge in [0.1, 0.15) is 0 Å². The van der Waals surface area contributed by atoms with E-state index in [9.17, 15) is 9.59 Å². The molecule has 1 aromatic rings. The van der Waals surface area contributed by atoms with Crippen molar-refractivity contribution in [1.82, 2.24) is 4.90 Å². The predicted molar refractivity (Wildman–Crippen MR) is 102 cm³/mol. The van der Waals surface area contributed by atoms with E-state index in [1.807, 2.05) is 18.7 Å². The van der Waals surface area contributed by atoms with Gasteiger partial charge in [0.25, 0.3) is 0 Å². The summed E-state index contributed by atoms with van der Waals surface area (Å²) in [7, 11) is 0. The van der Waals surface area contributed by atoms with Crippen LogP contribution in [0.15, 0.2) is 12.1 Å². The van der Waals surface area contributed by atoms with Gasteiger partial charge in [-0.05, 0) is 31.9 Å². The molecule has 0 aromatic heterocycles. The van der Waals surface area contributed by atoms with Crippen LogP contribution in [-0.4, -0.2) is 55.3 Å². The van der Waals surface area contributed by atoms with Crippen molar-refractivity contribution in [3.05, 3.63) is 28.8 Å². The average Bonchev–Trinajstić information content (AvgIpc) is 3.22. The molecule has 1 spiro atoms. The zero-order valence-electron chi connectivity index (χ0n) is 16.4. The third-order valence-corrected chi connectivity index (χ3v) is 6.03. The molecule has 27 heavy (non-hydrogen) atoms. The van der Waals surface area contributed by atoms with Gasteiger partial charge in [0.15, 0.2) is 5.79 Å². The Balaban J connectivity index is 1.44. The molecule has 0 saturated carbocycles. The maximum atomic E-state index is 13.0. The minimum Gasteiger partial charge on any atom is -0.347 e. The summed E-state index contributed by atoms with van der Waals surface area (Å²) in [4.78, 5) is 29.4. The van der Waals surface area contributed by atoms with Gasteiger partial charge in [0.05, 0.1) is 19.1 Å². The zero-order chi connectivity index (χ0) is 19.2. The Hall–Kier alpha value is -1.92. The molecule has 0 bridgehead atoms. The lowest BCUT2D eigenvalue weighted by molar-refractivity contribution is -0.188. The molecule has 1 atom stereocenters. The second-order valence-corrected chi connectivity index (χ2v) is 8.09. The van der Waals surface area contributed by atoms with Crippen LogP contribution < -0.4 is 4.90 Å². The largest absolute Gasteiger partial charge is 0.347 e. The third kappa shape index (κ3) is 3.36. The molecule has 3 aliphatic rings. The molecule has 3 saturated heterocycles. The lowest BCUT2D eigenvalue weighted by Crippen LogP contribution is -2.49. The van der Waals surface area contributed by atoms with E-state index in [-0.39, 0.29) is 17.7 Å². The van der Waals surface area contributed by atoms with Crippen molar-refractivity contribution in [2.45, 2.75) is 45.8 Å². The van der Waals surface area contributed by atoms with Crippen LogP contribution in [0, 0.1) is 26.7 Å².